The first-order chi connectivity index (χ1) is 12.6. The van der Waals surface area contributed by atoms with Crippen molar-refractivity contribution >= 4 is 21.8 Å². The molecule has 2 aromatic carbocycles. The Morgan fingerprint density at radius 1 is 1.23 bits per heavy atom. The highest BCUT2D eigenvalue weighted by Gasteiger charge is 2.23. The Labute approximate surface area is 159 Å². The van der Waals surface area contributed by atoms with Crippen molar-refractivity contribution < 1.29 is 4.79 Å². The second-order valence-corrected chi connectivity index (χ2v) is 6.64. The highest BCUT2D eigenvalue weighted by Crippen LogP contribution is 2.18. The molecule has 1 aromatic heterocycles. The van der Waals surface area contributed by atoms with Crippen LogP contribution in [0.25, 0.3) is 5.69 Å². The molecular weight excluding hydrogens is 394 g/mol. The first-order valence-electron chi connectivity index (χ1n) is 7.98. The second kappa shape index (κ2) is 7.93. The summed E-state index contributed by atoms with van der Waals surface area (Å²) in [5.74, 6) is -0.311. The normalized spacial score (nSPS) is 10.3. The molecule has 0 spiro atoms. The summed E-state index contributed by atoms with van der Waals surface area (Å²) >= 11 is 3.43. The molecule has 0 aliphatic heterocycles. The minimum Gasteiger partial charge on any atom is -0.320 e. The lowest BCUT2D eigenvalue weighted by Crippen LogP contribution is -2.31. The molecule has 0 aliphatic carbocycles. The van der Waals surface area contributed by atoms with Crippen molar-refractivity contribution in [3.8, 4) is 11.8 Å². The maximum Gasteiger partial charge on any atom is 0.277 e. The molecule has 3 rings (SSSR count). The molecule has 0 fully saturated rings. The molecule has 0 aliphatic rings. The number of carbonyl (C=O) groups is 1. The molecule has 7 heteroatoms. The van der Waals surface area contributed by atoms with E-state index in [4.69, 9.17) is 5.26 Å². The van der Waals surface area contributed by atoms with Gasteiger partial charge in [-0.3, -0.25) is 4.79 Å². The maximum absolute atomic E-state index is 12.9. The molecule has 0 N–H and O–H groups in total. The van der Waals surface area contributed by atoms with Gasteiger partial charge in [-0.1, -0.05) is 57.5 Å². The van der Waals surface area contributed by atoms with E-state index in [1.165, 1.54) is 4.90 Å². The summed E-state index contributed by atoms with van der Waals surface area (Å²) in [6, 6.07) is 19.2. The van der Waals surface area contributed by atoms with Crippen LogP contribution in [0.2, 0.25) is 0 Å². The van der Waals surface area contributed by atoms with Crippen LogP contribution in [0, 0.1) is 18.3 Å². The van der Waals surface area contributed by atoms with E-state index < -0.39 is 0 Å². The Morgan fingerprint density at radius 3 is 2.69 bits per heavy atom. The second-order valence-electron chi connectivity index (χ2n) is 5.72. The predicted molar refractivity (Wildman–Crippen MR) is 101 cm³/mol. The van der Waals surface area contributed by atoms with E-state index in [-0.39, 0.29) is 18.1 Å². The zero-order chi connectivity index (χ0) is 18.5. The summed E-state index contributed by atoms with van der Waals surface area (Å²) in [5, 5.41) is 17.3. The number of benzene rings is 2. The van der Waals surface area contributed by atoms with Crippen molar-refractivity contribution in [3.63, 3.8) is 0 Å². The fraction of sp³-hybridized carbons (Fsp3) is 0.158. The van der Waals surface area contributed by atoms with Gasteiger partial charge in [-0.2, -0.15) is 5.26 Å². The zero-order valence-electron chi connectivity index (χ0n) is 14.1. The van der Waals surface area contributed by atoms with E-state index in [1.807, 2.05) is 60.7 Å². The van der Waals surface area contributed by atoms with E-state index in [0.29, 0.717) is 12.2 Å². The summed E-state index contributed by atoms with van der Waals surface area (Å²) in [6.07, 6.45) is 0. The quantitative estimate of drug-likeness (QED) is 0.604. The van der Waals surface area contributed by atoms with Gasteiger partial charge in [0.1, 0.15) is 6.54 Å². The SMILES string of the molecule is Cc1c(C(=O)N(CC#N)Cc2ccccc2)nnn1-c1cccc(Br)c1. The standard InChI is InChI=1S/C19H16BrN5O/c1-14-18(22-23-25(14)17-9-5-8-16(20)12-17)19(26)24(11-10-21)13-15-6-3-2-4-7-15/h2-9,12H,11,13H2,1H3. The number of aromatic nitrogens is 3. The van der Waals surface area contributed by atoms with Crippen molar-refractivity contribution in [1.29, 1.82) is 5.26 Å². The lowest BCUT2D eigenvalue weighted by molar-refractivity contribution is 0.0758. The average Bonchev–Trinajstić information content (AvgIpc) is 3.03. The van der Waals surface area contributed by atoms with E-state index in [2.05, 4.69) is 26.2 Å². The van der Waals surface area contributed by atoms with Crippen molar-refractivity contribution in [2.45, 2.75) is 13.5 Å². The number of nitriles is 1. The number of rotatable bonds is 5. The number of hydrogen-bond acceptors (Lipinski definition) is 4. The molecule has 26 heavy (non-hydrogen) atoms. The molecule has 0 unspecified atom stereocenters. The fourth-order valence-corrected chi connectivity index (χ4v) is 3.01. The smallest absolute Gasteiger partial charge is 0.277 e. The molecule has 0 bridgehead atoms. The van der Waals surface area contributed by atoms with Crippen LogP contribution in [0.1, 0.15) is 21.7 Å². The highest BCUT2D eigenvalue weighted by atomic mass is 79.9. The third kappa shape index (κ3) is 3.81. The molecule has 0 saturated carbocycles. The summed E-state index contributed by atoms with van der Waals surface area (Å²) < 4.78 is 2.53. The van der Waals surface area contributed by atoms with Crippen LogP contribution in [-0.4, -0.2) is 32.3 Å². The van der Waals surface area contributed by atoms with Crippen LogP contribution < -0.4 is 0 Å². The van der Waals surface area contributed by atoms with Crippen LogP contribution in [0.15, 0.2) is 59.1 Å². The zero-order valence-corrected chi connectivity index (χ0v) is 15.7. The topological polar surface area (TPSA) is 74.8 Å². The maximum atomic E-state index is 12.9. The van der Waals surface area contributed by atoms with Crippen molar-refractivity contribution in [2.75, 3.05) is 6.54 Å². The first-order valence-corrected chi connectivity index (χ1v) is 8.78. The third-order valence-corrected chi connectivity index (χ3v) is 4.41. The third-order valence-electron chi connectivity index (χ3n) is 3.91. The summed E-state index contributed by atoms with van der Waals surface area (Å²) in [6.45, 7) is 2.12. The lowest BCUT2D eigenvalue weighted by atomic mass is 10.2. The van der Waals surface area contributed by atoms with Gasteiger partial charge in [0.2, 0.25) is 0 Å². The van der Waals surface area contributed by atoms with E-state index in [1.54, 1.807) is 11.6 Å². The van der Waals surface area contributed by atoms with Crippen LogP contribution in [0.4, 0.5) is 0 Å². The number of hydrogen-bond donors (Lipinski definition) is 0. The van der Waals surface area contributed by atoms with E-state index in [0.717, 1.165) is 15.7 Å². The number of amides is 1. The van der Waals surface area contributed by atoms with E-state index >= 15 is 0 Å². The van der Waals surface area contributed by atoms with Gasteiger partial charge in [0.25, 0.3) is 5.91 Å². The highest BCUT2D eigenvalue weighted by molar-refractivity contribution is 9.10. The Hall–Kier alpha value is -2.98. The van der Waals surface area contributed by atoms with Gasteiger partial charge in [-0.05, 0) is 30.7 Å². The van der Waals surface area contributed by atoms with Gasteiger partial charge < -0.3 is 4.90 Å². The minimum atomic E-state index is -0.311. The summed E-state index contributed by atoms with van der Waals surface area (Å²) in [4.78, 5) is 14.4. The Balaban J connectivity index is 1.89. The molecule has 6 nitrogen and oxygen atoms in total. The van der Waals surface area contributed by atoms with Gasteiger partial charge in [-0.25, -0.2) is 4.68 Å². The molecule has 1 heterocycles. The number of nitrogens with zero attached hydrogens (tertiary/aromatic N) is 5. The van der Waals surface area contributed by atoms with Crippen LogP contribution >= 0.6 is 15.9 Å². The number of carbonyl (C=O) groups excluding carboxylic acids is 1. The van der Waals surface area contributed by atoms with Gasteiger partial charge in [0, 0.05) is 11.0 Å². The van der Waals surface area contributed by atoms with Crippen molar-refractivity contribution in [3.05, 3.63) is 76.0 Å². The largest absolute Gasteiger partial charge is 0.320 e. The monoisotopic (exact) mass is 409 g/mol. The fourth-order valence-electron chi connectivity index (χ4n) is 2.62. The molecule has 0 radical (unpaired) electrons. The Kier molecular flexibility index (Phi) is 5.44. The molecule has 0 atom stereocenters. The molecule has 3 aromatic rings. The van der Waals surface area contributed by atoms with Crippen LogP contribution in [0.3, 0.4) is 0 Å². The molecular formula is C19H16BrN5O. The van der Waals surface area contributed by atoms with Crippen LogP contribution in [0.5, 0.6) is 0 Å². The Morgan fingerprint density at radius 2 is 2.00 bits per heavy atom. The summed E-state index contributed by atoms with van der Waals surface area (Å²) in [5.41, 5.74) is 2.63. The van der Waals surface area contributed by atoms with Gasteiger partial charge in [0.15, 0.2) is 5.69 Å². The minimum absolute atomic E-state index is 0.0170. The lowest BCUT2D eigenvalue weighted by Gasteiger charge is -2.18. The van der Waals surface area contributed by atoms with Crippen molar-refractivity contribution in [1.82, 2.24) is 19.9 Å². The first kappa shape index (κ1) is 17.8. The van der Waals surface area contributed by atoms with Crippen molar-refractivity contribution in [2.24, 2.45) is 0 Å². The van der Waals surface area contributed by atoms with Gasteiger partial charge in [-0.15, -0.1) is 5.10 Å². The van der Waals surface area contributed by atoms with Crippen LogP contribution in [-0.2, 0) is 6.54 Å². The van der Waals surface area contributed by atoms with Gasteiger partial charge >= 0.3 is 0 Å². The molecule has 1 amide bonds. The van der Waals surface area contributed by atoms with E-state index in [9.17, 15) is 4.79 Å². The molecule has 130 valence electrons. The average molecular weight is 410 g/mol. The number of halogens is 1. The Bertz CT molecular complexity index is 962. The summed E-state index contributed by atoms with van der Waals surface area (Å²) in [7, 11) is 0. The molecule has 0 saturated heterocycles. The predicted octanol–water partition coefficient (Wildman–Crippen LogP) is 3.50. The van der Waals surface area contributed by atoms with Gasteiger partial charge in [0.05, 0.1) is 17.5 Å².